The maximum absolute atomic E-state index is 11.9. The van der Waals surface area contributed by atoms with E-state index >= 15 is 0 Å². The van der Waals surface area contributed by atoms with Crippen molar-refractivity contribution in [1.29, 1.82) is 0 Å². The number of aryl methyl sites for hydroxylation is 2. The van der Waals surface area contributed by atoms with Crippen molar-refractivity contribution in [3.8, 4) is 23.0 Å². The van der Waals surface area contributed by atoms with Gasteiger partial charge >= 0.3 is 0 Å². The molecular formula is C17H18O5. The molecular weight excluding hydrogens is 284 g/mol. The van der Waals surface area contributed by atoms with Crippen LogP contribution in [0.3, 0.4) is 0 Å². The fourth-order valence-electron chi connectivity index (χ4n) is 2.14. The lowest BCUT2D eigenvalue weighted by molar-refractivity contribution is -0.119. The first-order valence-corrected chi connectivity index (χ1v) is 6.99. The lowest BCUT2D eigenvalue weighted by Gasteiger charge is -2.05. The third-order valence-corrected chi connectivity index (χ3v) is 3.46. The summed E-state index contributed by atoms with van der Waals surface area (Å²) in [5, 5.41) is 37.2. The molecule has 0 bridgehead atoms. The molecule has 0 aromatic heterocycles. The second-order valence-corrected chi connectivity index (χ2v) is 5.18. The summed E-state index contributed by atoms with van der Waals surface area (Å²) in [5.74, 6) is -0.668. The largest absolute Gasteiger partial charge is 0.504 e. The Morgan fingerprint density at radius 1 is 0.682 bits per heavy atom. The number of carbonyl (C=O) groups excluding carboxylic acids is 1. The van der Waals surface area contributed by atoms with Crippen LogP contribution in [0.25, 0.3) is 0 Å². The van der Waals surface area contributed by atoms with Gasteiger partial charge in [0.25, 0.3) is 0 Å². The highest BCUT2D eigenvalue weighted by molar-refractivity contribution is 5.79. The topological polar surface area (TPSA) is 98.0 Å². The van der Waals surface area contributed by atoms with Crippen LogP contribution in [-0.2, 0) is 17.6 Å². The van der Waals surface area contributed by atoms with E-state index in [2.05, 4.69) is 0 Å². The zero-order chi connectivity index (χ0) is 16.1. The van der Waals surface area contributed by atoms with E-state index < -0.39 is 0 Å². The minimum Gasteiger partial charge on any atom is -0.504 e. The molecule has 0 aliphatic rings. The molecule has 0 atom stereocenters. The van der Waals surface area contributed by atoms with E-state index in [9.17, 15) is 25.2 Å². The highest BCUT2D eigenvalue weighted by Crippen LogP contribution is 2.26. The Labute approximate surface area is 128 Å². The van der Waals surface area contributed by atoms with Gasteiger partial charge in [-0.3, -0.25) is 4.79 Å². The van der Waals surface area contributed by atoms with E-state index in [0.717, 1.165) is 11.1 Å². The van der Waals surface area contributed by atoms with Crippen molar-refractivity contribution in [1.82, 2.24) is 0 Å². The summed E-state index contributed by atoms with van der Waals surface area (Å²) in [5.41, 5.74) is 1.57. The van der Waals surface area contributed by atoms with E-state index in [1.807, 2.05) is 0 Å². The van der Waals surface area contributed by atoms with Gasteiger partial charge in [-0.15, -0.1) is 0 Å². The highest BCUT2D eigenvalue weighted by atomic mass is 16.3. The molecule has 4 N–H and O–H groups in total. The van der Waals surface area contributed by atoms with E-state index in [1.54, 1.807) is 12.1 Å². The SMILES string of the molecule is O=C(CCc1ccc(O)c(O)c1)CCc1ccc(O)c(O)c1. The van der Waals surface area contributed by atoms with Gasteiger partial charge in [0.1, 0.15) is 5.78 Å². The van der Waals surface area contributed by atoms with E-state index in [-0.39, 0.29) is 28.8 Å². The second kappa shape index (κ2) is 6.85. The predicted octanol–water partition coefficient (Wildman–Crippen LogP) is 2.64. The summed E-state index contributed by atoms with van der Waals surface area (Å²) in [6.45, 7) is 0. The normalized spacial score (nSPS) is 10.5. The number of phenols is 4. The molecule has 0 aliphatic heterocycles. The molecule has 2 aromatic rings. The molecule has 2 aromatic carbocycles. The van der Waals surface area contributed by atoms with Gasteiger partial charge in [0.05, 0.1) is 0 Å². The van der Waals surface area contributed by atoms with Crippen LogP contribution >= 0.6 is 0 Å². The van der Waals surface area contributed by atoms with Crippen LogP contribution in [0, 0.1) is 0 Å². The maximum Gasteiger partial charge on any atom is 0.157 e. The fraction of sp³-hybridized carbons (Fsp3) is 0.235. The Bertz CT molecular complexity index is 621. The summed E-state index contributed by atoms with van der Waals surface area (Å²) in [6, 6.07) is 9.02. The van der Waals surface area contributed by atoms with Crippen LogP contribution in [0.1, 0.15) is 24.0 Å². The van der Waals surface area contributed by atoms with Crippen LogP contribution in [0.4, 0.5) is 0 Å². The monoisotopic (exact) mass is 302 g/mol. The Kier molecular flexibility index (Phi) is 4.88. The standard InChI is InChI=1S/C17H18O5/c18-13(5-1-11-3-7-14(19)16(21)9-11)6-2-12-4-8-15(20)17(22)10-12/h3-4,7-10,19-22H,1-2,5-6H2. The number of hydrogen-bond acceptors (Lipinski definition) is 5. The first kappa shape index (κ1) is 15.7. The van der Waals surface area contributed by atoms with Gasteiger partial charge in [0.15, 0.2) is 23.0 Å². The van der Waals surface area contributed by atoms with Gasteiger partial charge < -0.3 is 20.4 Å². The third kappa shape index (κ3) is 4.15. The first-order chi connectivity index (χ1) is 10.5. The molecule has 5 nitrogen and oxygen atoms in total. The molecule has 2 rings (SSSR count). The summed E-state index contributed by atoms with van der Waals surface area (Å²) in [4.78, 5) is 11.9. The number of carbonyl (C=O) groups is 1. The number of aromatic hydroxyl groups is 4. The van der Waals surface area contributed by atoms with Crippen molar-refractivity contribution in [3.63, 3.8) is 0 Å². The van der Waals surface area contributed by atoms with Gasteiger partial charge in [-0.05, 0) is 48.2 Å². The van der Waals surface area contributed by atoms with Crippen molar-refractivity contribution in [2.75, 3.05) is 0 Å². The first-order valence-electron chi connectivity index (χ1n) is 6.99. The zero-order valence-electron chi connectivity index (χ0n) is 12.0. The van der Waals surface area contributed by atoms with Gasteiger partial charge in [-0.1, -0.05) is 12.1 Å². The second-order valence-electron chi connectivity index (χ2n) is 5.18. The highest BCUT2D eigenvalue weighted by Gasteiger charge is 2.07. The molecule has 116 valence electrons. The van der Waals surface area contributed by atoms with Gasteiger partial charge in [0, 0.05) is 12.8 Å². The van der Waals surface area contributed by atoms with E-state index in [0.29, 0.717) is 25.7 Å². The zero-order valence-corrected chi connectivity index (χ0v) is 12.0. The van der Waals surface area contributed by atoms with Crippen molar-refractivity contribution < 1.29 is 25.2 Å². The van der Waals surface area contributed by atoms with Crippen LogP contribution in [-0.4, -0.2) is 26.2 Å². The smallest absolute Gasteiger partial charge is 0.157 e. The molecule has 0 saturated carbocycles. The molecule has 0 saturated heterocycles. The van der Waals surface area contributed by atoms with Crippen molar-refractivity contribution in [3.05, 3.63) is 47.5 Å². The van der Waals surface area contributed by atoms with E-state index in [4.69, 9.17) is 0 Å². The molecule has 0 heterocycles. The van der Waals surface area contributed by atoms with Crippen molar-refractivity contribution in [2.24, 2.45) is 0 Å². The summed E-state index contributed by atoms with van der Waals surface area (Å²) in [6.07, 6.45) is 1.67. The summed E-state index contributed by atoms with van der Waals surface area (Å²) >= 11 is 0. The molecule has 0 amide bonds. The minimum atomic E-state index is -0.190. The summed E-state index contributed by atoms with van der Waals surface area (Å²) < 4.78 is 0. The predicted molar refractivity (Wildman–Crippen MR) is 81.2 cm³/mol. The number of hydrogen-bond donors (Lipinski definition) is 4. The maximum atomic E-state index is 11.9. The number of phenolic OH excluding ortho intramolecular Hbond substituents is 4. The van der Waals surface area contributed by atoms with Gasteiger partial charge in [0.2, 0.25) is 0 Å². The molecule has 22 heavy (non-hydrogen) atoms. The average molecular weight is 302 g/mol. The Hall–Kier alpha value is -2.69. The van der Waals surface area contributed by atoms with Crippen LogP contribution in [0.2, 0.25) is 0 Å². The Morgan fingerprint density at radius 3 is 1.45 bits per heavy atom. The van der Waals surface area contributed by atoms with Crippen LogP contribution < -0.4 is 0 Å². The number of Topliss-reactive ketones (excluding diaryl/α,β-unsaturated/α-hetero) is 1. The lowest BCUT2D eigenvalue weighted by Crippen LogP contribution is -2.02. The number of rotatable bonds is 6. The number of ketones is 1. The molecule has 0 aliphatic carbocycles. The van der Waals surface area contributed by atoms with Crippen molar-refractivity contribution >= 4 is 5.78 Å². The van der Waals surface area contributed by atoms with Gasteiger partial charge in [-0.25, -0.2) is 0 Å². The minimum absolute atomic E-state index is 0.0696. The third-order valence-electron chi connectivity index (χ3n) is 3.46. The van der Waals surface area contributed by atoms with Crippen molar-refractivity contribution in [2.45, 2.75) is 25.7 Å². The molecule has 0 unspecified atom stereocenters. The lowest BCUT2D eigenvalue weighted by atomic mass is 10.0. The number of benzene rings is 2. The van der Waals surface area contributed by atoms with E-state index in [1.165, 1.54) is 24.3 Å². The van der Waals surface area contributed by atoms with Crippen LogP contribution in [0.15, 0.2) is 36.4 Å². The molecule has 0 spiro atoms. The molecule has 0 radical (unpaired) electrons. The Morgan fingerprint density at radius 2 is 1.09 bits per heavy atom. The molecule has 5 heteroatoms. The van der Waals surface area contributed by atoms with Crippen LogP contribution in [0.5, 0.6) is 23.0 Å². The Balaban J connectivity index is 1.82. The average Bonchev–Trinajstić information content (AvgIpc) is 2.49. The quantitative estimate of drug-likeness (QED) is 0.615. The summed E-state index contributed by atoms with van der Waals surface area (Å²) in [7, 11) is 0. The molecule has 0 fully saturated rings. The van der Waals surface area contributed by atoms with Gasteiger partial charge in [-0.2, -0.15) is 0 Å². The fourth-order valence-corrected chi connectivity index (χ4v) is 2.14.